The van der Waals surface area contributed by atoms with Crippen LogP contribution in [0.5, 0.6) is 0 Å². The number of anilines is 1. The molecule has 1 atom stereocenters. The van der Waals surface area contributed by atoms with E-state index in [1.54, 1.807) is 0 Å². The van der Waals surface area contributed by atoms with Crippen molar-refractivity contribution in [1.82, 2.24) is 20.2 Å². The maximum Gasteiger partial charge on any atom is 0.272 e. The zero-order valence-corrected chi connectivity index (χ0v) is 12.7. The van der Waals surface area contributed by atoms with Gasteiger partial charge in [0.2, 0.25) is 0 Å². The van der Waals surface area contributed by atoms with E-state index in [1.807, 2.05) is 11.8 Å². The van der Waals surface area contributed by atoms with Crippen molar-refractivity contribution in [3.8, 4) is 11.4 Å². The van der Waals surface area contributed by atoms with E-state index >= 15 is 0 Å². The van der Waals surface area contributed by atoms with Crippen LogP contribution in [0.1, 0.15) is 6.92 Å². The Morgan fingerprint density at radius 3 is 2.95 bits per heavy atom. The van der Waals surface area contributed by atoms with Gasteiger partial charge in [0.25, 0.3) is 5.56 Å². The maximum absolute atomic E-state index is 12.1. The van der Waals surface area contributed by atoms with Crippen LogP contribution in [0.2, 0.25) is 10.2 Å². The summed E-state index contributed by atoms with van der Waals surface area (Å²) in [5.41, 5.74) is 0.111. The van der Waals surface area contributed by atoms with Gasteiger partial charge in [-0.1, -0.05) is 23.2 Å². The number of rotatable bonds is 2. The van der Waals surface area contributed by atoms with E-state index in [9.17, 15) is 4.79 Å². The first-order valence-corrected chi connectivity index (χ1v) is 7.17. The third-order valence-electron chi connectivity index (χ3n) is 3.33. The molecule has 1 saturated heterocycles. The zero-order valence-electron chi connectivity index (χ0n) is 11.2. The molecule has 0 saturated carbocycles. The quantitative estimate of drug-likeness (QED) is 0.875. The fourth-order valence-corrected chi connectivity index (χ4v) is 2.63. The van der Waals surface area contributed by atoms with Crippen molar-refractivity contribution in [3.63, 3.8) is 0 Å². The van der Waals surface area contributed by atoms with Gasteiger partial charge in [0, 0.05) is 6.54 Å². The van der Waals surface area contributed by atoms with Crippen LogP contribution in [0.15, 0.2) is 11.0 Å². The number of nitrogens with zero attached hydrogens (tertiary/aromatic N) is 3. The number of aromatic nitrogens is 4. The molecule has 1 unspecified atom stereocenters. The molecule has 2 aromatic heterocycles. The Kier molecular flexibility index (Phi) is 3.88. The van der Waals surface area contributed by atoms with Crippen LogP contribution in [0.4, 0.5) is 5.82 Å². The first-order valence-electron chi connectivity index (χ1n) is 6.41. The standard InChI is InChI=1S/C12H13Cl2N5O2/c1-6-5-21-3-2-19(6)11-8(13)12(20)17-10(16-11)7-4-15-18-9(7)14/h4,6H,2-3,5H2,1H3,(H,15,18)(H,16,17,20). The predicted molar refractivity (Wildman–Crippen MR) is 80.1 cm³/mol. The normalized spacial score (nSPS) is 19.0. The van der Waals surface area contributed by atoms with Gasteiger partial charge in [-0.25, -0.2) is 4.98 Å². The lowest BCUT2D eigenvalue weighted by Gasteiger charge is -2.34. The minimum absolute atomic E-state index is 0.0621. The van der Waals surface area contributed by atoms with E-state index in [0.29, 0.717) is 42.1 Å². The van der Waals surface area contributed by atoms with Gasteiger partial charge in [0.05, 0.1) is 31.0 Å². The maximum atomic E-state index is 12.1. The molecule has 21 heavy (non-hydrogen) atoms. The summed E-state index contributed by atoms with van der Waals surface area (Å²) in [6, 6.07) is 0.0817. The van der Waals surface area contributed by atoms with Crippen molar-refractivity contribution < 1.29 is 4.74 Å². The Bertz CT molecular complexity index is 714. The Labute approximate surface area is 130 Å². The molecule has 112 valence electrons. The minimum atomic E-state index is -0.410. The summed E-state index contributed by atoms with van der Waals surface area (Å²) in [5.74, 6) is 0.764. The average molecular weight is 330 g/mol. The molecular formula is C12H13Cl2N5O2. The fourth-order valence-electron chi connectivity index (χ4n) is 2.24. The second-order valence-corrected chi connectivity index (χ2v) is 5.52. The summed E-state index contributed by atoms with van der Waals surface area (Å²) in [5, 5.41) is 6.79. The van der Waals surface area contributed by atoms with Crippen molar-refractivity contribution in [3.05, 3.63) is 26.7 Å². The van der Waals surface area contributed by atoms with Crippen molar-refractivity contribution in [2.24, 2.45) is 0 Å². The molecule has 0 bridgehead atoms. The largest absolute Gasteiger partial charge is 0.377 e. The van der Waals surface area contributed by atoms with Gasteiger partial charge in [-0.3, -0.25) is 9.89 Å². The second-order valence-electron chi connectivity index (χ2n) is 4.77. The Morgan fingerprint density at radius 2 is 2.29 bits per heavy atom. The third-order valence-corrected chi connectivity index (χ3v) is 3.96. The monoisotopic (exact) mass is 329 g/mol. The molecule has 3 rings (SSSR count). The van der Waals surface area contributed by atoms with Crippen LogP contribution in [0.25, 0.3) is 11.4 Å². The first-order chi connectivity index (χ1) is 10.1. The van der Waals surface area contributed by atoms with Crippen molar-refractivity contribution in [2.45, 2.75) is 13.0 Å². The lowest BCUT2D eigenvalue weighted by atomic mass is 10.2. The average Bonchev–Trinajstić information content (AvgIpc) is 2.89. The molecule has 2 N–H and O–H groups in total. The second kappa shape index (κ2) is 5.67. The molecule has 0 aromatic carbocycles. The Balaban J connectivity index is 2.10. The molecule has 7 nitrogen and oxygen atoms in total. The highest BCUT2D eigenvalue weighted by atomic mass is 35.5. The molecule has 0 radical (unpaired) electrons. The van der Waals surface area contributed by atoms with Gasteiger partial charge >= 0.3 is 0 Å². The van der Waals surface area contributed by atoms with E-state index in [0.717, 1.165) is 0 Å². The SMILES string of the molecule is CC1COCCN1c1nc(-c2cn[nH]c2Cl)[nH]c(=O)c1Cl. The van der Waals surface area contributed by atoms with Crippen molar-refractivity contribution in [1.29, 1.82) is 0 Å². The van der Waals surface area contributed by atoms with Crippen LogP contribution in [-0.2, 0) is 4.74 Å². The van der Waals surface area contributed by atoms with E-state index in [1.165, 1.54) is 6.20 Å². The van der Waals surface area contributed by atoms with Gasteiger partial charge in [-0.15, -0.1) is 0 Å². The van der Waals surface area contributed by atoms with Gasteiger partial charge in [-0.05, 0) is 6.92 Å². The van der Waals surface area contributed by atoms with Crippen LogP contribution >= 0.6 is 23.2 Å². The highest BCUT2D eigenvalue weighted by Crippen LogP contribution is 2.28. The lowest BCUT2D eigenvalue weighted by Crippen LogP contribution is -2.44. The molecule has 0 spiro atoms. The number of hydrogen-bond acceptors (Lipinski definition) is 5. The molecule has 9 heteroatoms. The molecule has 3 heterocycles. The molecular weight excluding hydrogens is 317 g/mol. The van der Waals surface area contributed by atoms with E-state index in [4.69, 9.17) is 27.9 Å². The molecule has 1 fully saturated rings. The smallest absolute Gasteiger partial charge is 0.272 e. The summed E-state index contributed by atoms with van der Waals surface area (Å²) < 4.78 is 5.39. The molecule has 0 amide bonds. The van der Waals surface area contributed by atoms with Crippen LogP contribution < -0.4 is 10.5 Å². The number of nitrogens with one attached hydrogen (secondary N) is 2. The van der Waals surface area contributed by atoms with Crippen molar-refractivity contribution in [2.75, 3.05) is 24.7 Å². The third kappa shape index (κ3) is 2.64. The molecule has 1 aliphatic rings. The van der Waals surface area contributed by atoms with Gasteiger partial charge in [-0.2, -0.15) is 5.10 Å². The number of ether oxygens (including phenoxy) is 1. The van der Waals surface area contributed by atoms with Gasteiger partial charge in [0.15, 0.2) is 5.82 Å². The first kappa shape index (κ1) is 14.4. The van der Waals surface area contributed by atoms with Crippen molar-refractivity contribution >= 4 is 29.0 Å². The summed E-state index contributed by atoms with van der Waals surface area (Å²) >= 11 is 12.1. The number of aromatic amines is 2. The highest BCUT2D eigenvalue weighted by molar-refractivity contribution is 6.33. The van der Waals surface area contributed by atoms with E-state index in [-0.39, 0.29) is 11.1 Å². The number of halogens is 2. The van der Waals surface area contributed by atoms with E-state index in [2.05, 4.69) is 20.2 Å². The van der Waals surface area contributed by atoms with Crippen LogP contribution in [0, 0.1) is 0 Å². The Morgan fingerprint density at radius 1 is 1.48 bits per heavy atom. The number of morpholine rings is 1. The van der Waals surface area contributed by atoms with Crippen LogP contribution in [-0.4, -0.2) is 46.0 Å². The summed E-state index contributed by atoms with van der Waals surface area (Å²) in [6.45, 7) is 3.74. The summed E-state index contributed by atoms with van der Waals surface area (Å²) in [6.07, 6.45) is 1.50. The van der Waals surface area contributed by atoms with Gasteiger partial charge < -0.3 is 14.6 Å². The number of H-pyrrole nitrogens is 2. The lowest BCUT2D eigenvalue weighted by molar-refractivity contribution is 0.0985. The zero-order chi connectivity index (χ0) is 15.0. The molecule has 0 aliphatic carbocycles. The summed E-state index contributed by atoms with van der Waals surface area (Å²) in [4.78, 5) is 21.1. The Hall–Kier alpha value is -1.57. The molecule has 2 aromatic rings. The molecule has 1 aliphatic heterocycles. The highest BCUT2D eigenvalue weighted by Gasteiger charge is 2.25. The summed E-state index contributed by atoms with van der Waals surface area (Å²) in [7, 11) is 0. The van der Waals surface area contributed by atoms with Gasteiger partial charge in [0.1, 0.15) is 16.0 Å². The predicted octanol–water partition coefficient (Wildman–Crippen LogP) is 1.69. The fraction of sp³-hybridized carbons (Fsp3) is 0.417. The topological polar surface area (TPSA) is 86.9 Å². The minimum Gasteiger partial charge on any atom is -0.377 e. The number of hydrogen-bond donors (Lipinski definition) is 2. The van der Waals surface area contributed by atoms with Crippen LogP contribution in [0.3, 0.4) is 0 Å². The van der Waals surface area contributed by atoms with E-state index < -0.39 is 5.56 Å².